The second kappa shape index (κ2) is 2.75. The van der Waals surface area contributed by atoms with Crippen LogP contribution in [0.25, 0.3) is 0 Å². The summed E-state index contributed by atoms with van der Waals surface area (Å²) in [5.41, 5.74) is 0.580. The van der Waals surface area contributed by atoms with Crippen LogP contribution >= 0.6 is 0 Å². The van der Waals surface area contributed by atoms with Crippen LogP contribution in [0.3, 0.4) is 0 Å². The largest absolute Gasteiger partial charge is 0.386 e. The van der Waals surface area contributed by atoms with Crippen LogP contribution in [-0.4, -0.2) is 10.7 Å². The van der Waals surface area contributed by atoms with Crippen molar-refractivity contribution in [1.82, 2.24) is 0 Å². The monoisotopic (exact) mass is 140 g/mol. The van der Waals surface area contributed by atoms with Crippen molar-refractivity contribution in [2.45, 2.75) is 44.6 Å². The average Bonchev–Trinajstić information content (AvgIpc) is 1.97. The van der Waals surface area contributed by atoms with Gasteiger partial charge in [-0.05, 0) is 24.8 Å². The van der Waals surface area contributed by atoms with Gasteiger partial charge in [-0.1, -0.05) is 26.3 Å². The molecule has 0 aromatic carbocycles. The lowest BCUT2D eigenvalue weighted by molar-refractivity contribution is 0.0171. The fourth-order valence-corrected chi connectivity index (χ4v) is 1.36. The number of unbranched alkanes of at least 4 members (excludes halogenated alkanes) is 1. The van der Waals surface area contributed by atoms with Gasteiger partial charge in [-0.2, -0.15) is 0 Å². The van der Waals surface area contributed by atoms with Crippen molar-refractivity contribution in [3.05, 3.63) is 12.2 Å². The lowest BCUT2D eigenvalue weighted by Gasteiger charge is -2.39. The van der Waals surface area contributed by atoms with Crippen LogP contribution in [0, 0.1) is 0 Å². The number of rotatable bonds is 3. The summed E-state index contributed by atoms with van der Waals surface area (Å²) in [6, 6.07) is 0. The van der Waals surface area contributed by atoms with E-state index in [9.17, 15) is 5.11 Å². The molecular weight excluding hydrogens is 124 g/mol. The van der Waals surface area contributed by atoms with Crippen LogP contribution in [0.4, 0.5) is 0 Å². The zero-order valence-electron chi connectivity index (χ0n) is 6.69. The SMILES string of the molecule is C=C1CCC1(O)CCCC. The first-order valence-electron chi connectivity index (χ1n) is 4.09. The first-order chi connectivity index (χ1) is 4.69. The quantitative estimate of drug-likeness (QED) is 0.596. The summed E-state index contributed by atoms with van der Waals surface area (Å²) in [5.74, 6) is 0. The Morgan fingerprint density at radius 2 is 2.40 bits per heavy atom. The molecule has 58 valence electrons. The molecule has 0 saturated heterocycles. The van der Waals surface area contributed by atoms with Gasteiger partial charge in [0.25, 0.3) is 0 Å². The van der Waals surface area contributed by atoms with Crippen LogP contribution < -0.4 is 0 Å². The van der Waals surface area contributed by atoms with E-state index in [4.69, 9.17) is 0 Å². The minimum absolute atomic E-state index is 0.462. The number of hydrogen-bond acceptors (Lipinski definition) is 1. The van der Waals surface area contributed by atoms with E-state index in [0.29, 0.717) is 0 Å². The van der Waals surface area contributed by atoms with Crippen molar-refractivity contribution in [2.75, 3.05) is 0 Å². The molecule has 1 aliphatic carbocycles. The highest BCUT2D eigenvalue weighted by atomic mass is 16.3. The molecule has 0 radical (unpaired) electrons. The van der Waals surface area contributed by atoms with Gasteiger partial charge < -0.3 is 5.11 Å². The van der Waals surface area contributed by atoms with E-state index in [2.05, 4.69) is 13.5 Å². The van der Waals surface area contributed by atoms with Gasteiger partial charge in [0.2, 0.25) is 0 Å². The number of aliphatic hydroxyl groups is 1. The predicted octanol–water partition coefficient (Wildman–Crippen LogP) is 2.26. The first-order valence-corrected chi connectivity index (χ1v) is 4.09. The molecule has 1 fully saturated rings. The highest BCUT2D eigenvalue weighted by Gasteiger charge is 2.37. The molecule has 0 aromatic rings. The topological polar surface area (TPSA) is 20.2 Å². The van der Waals surface area contributed by atoms with E-state index in [1.54, 1.807) is 0 Å². The molecule has 0 spiro atoms. The maximum Gasteiger partial charge on any atom is 0.0857 e. The first kappa shape index (κ1) is 7.80. The van der Waals surface area contributed by atoms with Crippen LogP contribution in [0.2, 0.25) is 0 Å². The maximum absolute atomic E-state index is 9.71. The molecule has 1 rings (SSSR count). The maximum atomic E-state index is 9.71. The standard InChI is InChI=1S/C9H16O/c1-3-4-6-9(10)7-5-8(9)2/h10H,2-7H2,1H3. The summed E-state index contributed by atoms with van der Waals surface area (Å²) < 4.78 is 0. The third-order valence-corrected chi connectivity index (χ3v) is 2.44. The van der Waals surface area contributed by atoms with Gasteiger partial charge in [-0.15, -0.1) is 0 Å². The van der Waals surface area contributed by atoms with Crippen molar-refractivity contribution in [3.63, 3.8) is 0 Å². The molecule has 0 bridgehead atoms. The molecule has 1 saturated carbocycles. The van der Waals surface area contributed by atoms with Crippen LogP contribution in [-0.2, 0) is 0 Å². The minimum atomic E-state index is -0.462. The van der Waals surface area contributed by atoms with E-state index in [0.717, 1.165) is 37.7 Å². The third-order valence-electron chi connectivity index (χ3n) is 2.44. The normalized spacial score (nSPS) is 32.0. The van der Waals surface area contributed by atoms with Gasteiger partial charge in [0.05, 0.1) is 5.60 Å². The summed E-state index contributed by atoms with van der Waals surface area (Å²) in [5, 5.41) is 9.71. The van der Waals surface area contributed by atoms with Crippen LogP contribution in [0.15, 0.2) is 12.2 Å². The summed E-state index contributed by atoms with van der Waals surface area (Å²) >= 11 is 0. The third kappa shape index (κ3) is 1.24. The Labute approximate surface area is 62.8 Å². The van der Waals surface area contributed by atoms with Gasteiger partial charge in [0.15, 0.2) is 0 Å². The Kier molecular flexibility index (Phi) is 2.14. The fraction of sp³-hybridized carbons (Fsp3) is 0.778. The molecular formula is C9H16O. The van der Waals surface area contributed by atoms with E-state index >= 15 is 0 Å². The molecule has 1 atom stereocenters. The average molecular weight is 140 g/mol. The molecule has 1 heteroatoms. The van der Waals surface area contributed by atoms with Gasteiger partial charge >= 0.3 is 0 Å². The molecule has 0 heterocycles. The van der Waals surface area contributed by atoms with Crippen molar-refractivity contribution < 1.29 is 5.11 Å². The molecule has 0 amide bonds. The Morgan fingerprint density at radius 3 is 2.70 bits per heavy atom. The lowest BCUT2D eigenvalue weighted by Crippen LogP contribution is -2.39. The Bertz CT molecular complexity index is 140. The highest BCUT2D eigenvalue weighted by Crippen LogP contribution is 2.40. The highest BCUT2D eigenvalue weighted by molar-refractivity contribution is 5.21. The fourth-order valence-electron chi connectivity index (χ4n) is 1.36. The summed E-state index contributed by atoms with van der Waals surface area (Å²) in [6.07, 6.45) is 5.17. The minimum Gasteiger partial charge on any atom is -0.386 e. The smallest absolute Gasteiger partial charge is 0.0857 e. The summed E-state index contributed by atoms with van der Waals surface area (Å²) in [4.78, 5) is 0. The molecule has 1 unspecified atom stereocenters. The second-order valence-electron chi connectivity index (χ2n) is 3.24. The zero-order chi connectivity index (χ0) is 7.61. The molecule has 0 aromatic heterocycles. The van der Waals surface area contributed by atoms with Gasteiger partial charge in [0.1, 0.15) is 0 Å². The molecule has 1 nitrogen and oxygen atoms in total. The predicted molar refractivity (Wildman–Crippen MR) is 42.8 cm³/mol. The second-order valence-corrected chi connectivity index (χ2v) is 3.24. The van der Waals surface area contributed by atoms with E-state index in [1.165, 1.54) is 0 Å². The van der Waals surface area contributed by atoms with E-state index < -0.39 is 5.60 Å². The summed E-state index contributed by atoms with van der Waals surface area (Å²) in [7, 11) is 0. The van der Waals surface area contributed by atoms with Gasteiger partial charge in [0, 0.05) is 0 Å². The summed E-state index contributed by atoms with van der Waals surface area (Å²) in [6.45, 7) is 5.96. The van der Waals surface area contributed by atoms with Gasteiger partial charge in [-0.25, -0.2) is 0 Å². The van der Waals surface area contributed by atoms with E-state index in [1.807, 2.05) is 0 Å². The Morgan fingerprint density at radius 1 is 1.70 bits per heavy atom. The molecule has 0 aliphatic heterocycles. The van der Waals surface area contributed by atoms with Crippen LogP contribution in [0.1, 0.15) is 39.0 Å². The Balaban J connectivity index is 2.31. The molecule has 10 heavy (non-hydrogen) atoms. The zero-order valence-corrected chi connectivity index (χ0v) is 6.69. The van der Waals surface area contributed by atoms with Crippen LogP contribution in [0.5, 0.6) is 0 Å². The van der Waals surface area contributed by atoms with Crippen molar-refractivity contribution in [1.29, 1.82) is 0 Å². The van der Waals surface area contributed by atoms with E-state index in [-0.39, 0.29) is 0 Å². The van der Waals surface area contributed by atoms with Gasteiger partial charge in [-0.3, -0.25) is 0 Å². The lowest BCUT2D eigenvalue weighted by atomic mass is 9.73. The molecule has 1 N–H and O–H groups in total. The Hall–Kier alpha value is -0.300. The molecule has 1 aliphatic rings. The number of hydrogen-bond donors (Lipinski definition) is 1. The van der Waals surface area contributed by atoms with Crippen molar-refractivity contribution in [2.24, 2.45) is 0 Å². The van der Waals surface area contributed by atoms with Crippen molar-refractivity contribution >= 4 is 0 Å². The van der Waals surface area contributed by atoms with Crippen molar-refractivity contribution in [3.8, 4) is 0 Å².